The van der Waals surface area contributed by atoms with Crippen LogP contribution in [0.1, 0.15) is 9.88 Å². The van der Waals surface area contributed by atoms with E-state index in [0.29, 0.717) is 6.79 Å². The molecule has 0 bridgehead atoms. The molecule has 0 spiro atoms. The lowest BCUT2D eigenvalue weighted by atomic mass is 10.1. The molecular weight excluding hydrogens is 284 g/mol. The van der Waals surface area contributed by atoms with Gasteiger partial charge in [0.05, 0.1) is 10.7 Å². The molecule has 0 saturated heterocycles. The van der Waals surface area contributed by atoms with Crippen molar-refractivity contribution in [3.63, 3.8) is 0 Å². The van der Waals surface area contributed by atoms with Crippen LogP contribution in [0.3, 0.4) is 0 Å². The zero-order valence-corrected chi connectivity index (χ0v) is 12.8. The van der Waals surface area contributed by atoms with Crippen LogP contribution in [-0.4, -0.2) is 24.9 Å². The van der Waals surface area contributed by atoms with Crippen LogP contribution in [0.15, 0.2) is 30.9 Å². The van der Waals surface area contributed by atoms with Crippen LogP contribution < -0.4 is 14.8 Å². The molecule has 0 unspecified atom stereocenters. The molecule has 1 aromatic carbocycles. The highest BCUT2D eigenvalue weighted by Gasteiger charge is 2.16. The molecule has 0 amide bonds. The number of hydrogen-bond acceptors (Lipinski definition) is 5. The van der Waals surface area contributed by atoms with Crippen molar-refractivity contribution in [1.82, 2.24) is 10.3 Å². The van der Waals surface area contributed by atoms with E-state index in [1.54, 1.807) is 11.3 Å². The van der Waals surface area contributed by atoms with Crippen LogP contribution in [0, 0.1) is 6.92 Å². The number of aryl methyl sites for hydroxylation is 1. The summed E-state index contributed by atoms with van der Waals surface area (Å²) in [5.41, 5.74) is 2.12. The lowest BCUT2D eigenvalue weighted by molar-refractivity contribution is 0.174. The molecule has 3 rings (SSSR count). The predicted octanol–water partition coefficient (Wildman–Crippen LogP) is 3.17. The normalized spacial score (nSPS) is 12.6. The first kappa shape index (κ1) is 14.1. The van der Waals surface area contributed by atoms with Gasteiger partial charge in [-0.15, -0.1) is 17.9 Å². The number of ether oxygens (including phenoxy) is 2. The lowest BCUT2D eigenvalue weighted by Gasteiger charge is -2.01. The number of rotatable bonds is 6. The number of aromatic nitrogens is 1. The fourth-order valence-electron chi connectivity index (χ4n) is 2.27. The van der Waals surface area contributed by atoms with E-state index in [9.17, 15) is 0 Å². The smallest absolute Gasteiger partial charge is 0.231 e. The van der Waals surface area contributed by atoms with E-state index in [1.807, 2.05) is 24.3 Å². The highest BCUT2D eigenvalue weighted by atomic mass is 32.1. The number of nitrogens with zero attached hydrogens (tertiary/aromatic N) is 1. The molecule has 1 aliphatic rings. The monoisotopic (exact) mass is 302 g/mol. The molecule has 0 fully saturated rings. The molecule has 1 aromatic heterocycles. The average molecular weight is 302 g/mol. The molecular formula is C16H18N2O2S. The van der Waals surface area contributed by atoms with Crippen molar-refractivity contribution in [3.05, 3.63) is 40.7 Å². The second-order valence-electron chi connectivity index (χ2n) is 4.82. The Hall–Kier alpha value is -1.85. The SMILES string of the molecule is C=CCNCCc1nc(-c2ccc3c(c2)OCO3)c(C)s1. The minimum atomic E-state index is 0.301. The van der Waals surface area contributed by atoms with Crippen molar-refractivity contribution in [2.75, 3.05) is 19.9 Å². The van der Waals surface area contributed by atoms with E-state index < -0.39 is 0 Å². The summed E-state index contributed by atoms with van der Waals surface area (Å²) in [6, 6.07) is 5.99. The molecule has 0 atom stereocenters. The highest BCUT2D eigenvalue weighted by molar-refractivity contribution is 7.12. The zero-order chi connectivity index (χ0) is 14.7. The van der Waals surface area contributed by atoms with Gasteiger partial charge in [-0.05, 0) is 25.1 Å². The van der Waals surface area contributed by atoms with Crippen molar-refractivity contribution < 1.29 is 9.47 Å². The summed E-state index contributed by atoms with van der Waals surface area (Å²) in [4.78, 5) is 5.99. The van der Waals surface area contributed by atoms with Gasteiger partial charge in [-0.25, -0.2) is 4.98 Å². The van der Waals surface area contributed by atoms with Crippen molar-refractivity contribution >= 4 is 11.3 Å². The molecule has 1 N–H and O–H groups in total. The largest absolute Gasteiger partial charge is 0.454 e. The second kappa shape index (κ2) is 6.28. The van der Waals surface area contributed by atoms with Gasteiger partial charge in [-0.2, -0.15) is 0 Å². The van der Waals surface area contributed by atoms with E-state index in [0.717, 1.165) is 47.3 Å². The van der Waals surface area contributed by atoms with Crippen molar-refractivity contribution in [2.45, 2.75) is 13.3 Å². The van der Waals surface area contributed by atoms with E-state index in [2.05, 4.69) is 18.8 Å². The van der Waals surface area contributed by atoms with Crippen molar-refractivity contribution in [2.24, 2.45) is 0 Å². The molecule has 4 nitrogen and oxygen atoms in total. The molecule has 0 radical (unpaired) electrons. The Morgan fingerprint density at radius 2 is 2.24 bits per heavy atom. The Morgan fingerprint density at radius 1 is 1.38 bits per heavy atom. The number of hydrogen-bond donors (Lipinski definition) is 1. The minimum absolute atomic E-state index is 0.301. The second-order valence-corrected chi connectivity index (χ2v) is 6.11. The Bertz CT molecular complexity index is 652. The minimum Gasteiger partial charge on any atom is -0.454 e. The van der Waals surface area contributed by atoms with E-state index in [-0.39, 0.29) is 0 Å². The van der Waals surface area contributed by atoms with Crippen molar-refractivity contribution in [1.29, 1.82) is 0 Å². The molecule has 0 aliphatic carbocycles. The van der Waals surface area contributed by atoms with Crippen LogP contribution in [0.5, 0.6) is 11.5 Å². The Labute approximate surface area is 128 Å². The van der Waals surface area contributed by atoms with Gasteiger partial charge in [0.1, 0.15) is 0 Å². The van der Waals surface area contributed by atoms with Gasteiger partial charge in [-0.1, -0.05) is 6.08 Å². The van der Waals surface area contributed by atoms with E-state index in [1.165, 1.54) is 4.88 Å². The number of fused-ring (bicyclic) bond motifs is 1. The molecule has 5 heteroatoms. The average Bonchev–Trinajstić information content (AvgIpc) is 3.09. The maximum absolute atomic E-state index is 5.43. The van der Waals surface area contributed by atoms with Crippen LogP contribution in [0.4, 0.5) is 0 Å². The van der Waals surface area contributed by atoms with Gasteiger partial charge >= 0.3 is 0 Å². The van der Waals surface area contributed by atoms with Crippen molar-refractivity contribution in [3.8, 4) is 22.8 Å². The van der Waals surface area contributed by atoms with E-state index >= 15 is 0 Å². The molecule has 110 valence electrons. The van der Waals surface area contributed by atoms with Gasteiger partial charge in [0.15, 0.2) is 11.5 Å². The summed E-state index contributed by atoms with van der Waals surface area (Å²) in [6.07, 6.45) is 2.80. The third-order valence-electron chi connectivity index (χ3n) is 3.29. The van der Waals surface area contributed by atoms with Gasteiger partial charge in [0.25, 0.3) is 0 Å². The summed E-state index contributed by atoms with van der Waals surface area (Å²) in [5, 5.41) is 4.45. The van der Waals surface area contributed by atoms with Gasteiger partial charge in [-0.3, -0.25) is 0 Å². The number of thiazole rings is 1. The fourth-order valence-corrected chi connectivity index (χ4v) is 3.22. The molecule has 2 aromatic rings. The first-order valence-electron chi connectivity index (χ1n) is 6.96. The lowest BCUT2D eigenvalue weighted by Crippen LogP contribution is -2.16. The van der Waals surface area contributed by atoms with Gasteiger partial charge in [0, 0.05) is 30.0 Å². The van der Waals surface area contributed by atoms with E-state index in [4.69, 9.17) is 14.5 Å². The summed E-state index contributed by atoms with van der Waals surface area (Å²) in [6.45, 7) is 7.85. The molecule has 2 heterocycles. The standard InChI is InChI=1S/C16H18N2O2S/c1-3-7-17-8-6-15-18-16(11(2)21-15)12-4-5-13-14(9-12)20-10-19-13/h3-5,9,17H,1,6-8,10H2,2H3. The Balaban J connectivity index is 1.76. The Morgan fingerprint density at radius 3 is 3.10 bits per heavy atom. The summed E-state index contributed by atoms with van der Waals surface area (Å²) < 4.78 is 10.8. The summed E-state index contributed by atoms with van der Waals surface area (Å²) >= 11 is 1.75. The quantitative estimate of drug-likeness (QED) is 0.657. The summed E-state index contributed by atoms with van der Waals surface area (Å²) in [5.74, 6) is 1.61. The summed E-state index contributed by atoms with van der Waals surface area (Å²) in [7, 11) is 0. The third-order valence-corrected chi connectivity index (χ3v) is 4.32. The maximum atomic E-state index is 5.43. The highest BCUT2D eigenvalue weighted by Crippen LogP contribution is 2.37. The predicted molar refractivity (Wildman–Crippen MR) is 85.2 cm³/mol. The van der Waals surface area contributed by atoms with Crippen LogP contribution in [0.2, 0.25) is 0 Å². The maximum Gasteiger partial charge on any atom is 0.231 e. The molecule has 1 aliphatic heterocycles. The topological polar surface area (TPSA) is 43.4 Å². The van der Waals surface area contributed by atoms with Gasteiger partial charge < -0.3 is 14.8 Å². The van der Waals surface area contributed by atoms with Crippen LogP contribution in [-0.2, 0) is 6.42 Å². The van der Waals surface area contributed by atoms with Crippen LogP contribution in [0.25, 0.3) is 11.3 Å². The Kier molecular flexibility index (Phi) is 4.22. The first-order chi connectivity index (χ1) is 10.3. The zero-order valence-electron chi connectivity index (χ0n) is 12.0. The number of nitrogens with one attached hydrogen (secondary N) is 1. The number of benzene rings is 1. The molecule has 0 saturated carbocycles. The third kappa shape index (κ3) is 3.09. The fraction of sp³-hybridized carbons (Fsp3) is 0.312. The molecule has 21 heavy (non-hydrogen) atoms. The first-order valence-corrected chi connectivity index (χ1v) is 7.77. The van der Waals surface area contributed by atoms with Gasteiger partial charge in [0.2, 0.25) is 6.79 Å². The van der Waals surface area contributed by atoms with Crippen LogP contribution >= 0.6 is 11.3 Å².